The van der Waals surface area contributed by atoms with E-state index in [4.69, 9.17) is 17.5 Å². The van der Waals surface area contributed by atoms with Gasteiger partial charge in [0, 0.05) is 10.4 Å². The molecular formula is C14H32N2O4S. The molecule has 7 heteroatoms. The molecule has 0 aromatic carbocycles. The summed E-state index contributed by atoms with van der Waals surface area (Å²) in [5.41, 5.74) is 0. The molecule has 2 fully saturated rings. The third-order valence-corrected chi connectivity index (χ3v) is 4.05. The molecule has 0 atom stereocenters. The van der Waals surface area contributed by atoms with Gasteiger partial charge in [-0.05, 0) is 38.5 Å². The Morgan fingerprint density at radius 3 is 0.905 bits per heavy atom. The lowest BCUT2D eigenvalue weighted by Gasteiger charge is -2.33. The summed E-state index contributed by atoms with van der Waals surface area (Å²) in [6, 6.07) is 0. The molecule has 2 saturated heterocycles. The zero-order valence-electron chi connectivity index (χ0n) is 14.0. The summed E-state index contributed by atoms with van der Waals surface area (Å²) in [6.07, 6.45) is 8.67. The van der Waals surface area contributed by atoms with E-state index in [0.29, 0.717) is 0 Å². The predicted molar refractivity (Wildman–Crippen MR) is 81.9 cm³/mol. The van der Waals surface area contributed by atoms with Gasteiger partial charge >= 0.3 is 0 Å². The molecule has 0 spiro atoms. The van der Waals surface area contributed by atoms with Crippen LogP contribution in [0.3, 0.4) is 0 Å². The van der Waals surface area contributed by atoms with Crippen molar-refractivity contribution in [3.63, 3.8) is 0 Å². The quantitative estimate of drug-likeness (QED) is 0.380. The highest BCUT2D eigenvalue weighted by Crippen LogP contribution is 2.12. The molecule has 0 aromatic heterocycles. The smallest absolute Gasteiger partial charge is 0.0782 e. The zero-order chi connectivity index (χ0) is 16.6. The maximum atomic E-state index is 8.52. The zero-order valence-corrected chi connectivity index (χ0v) is 14.8. The van der Waals surface area contributed by atoms with Crippen LogP contribution in [0, 0.1) is 0 Å². The highest BCUT2D eigenvalue weighted by atomic mass is 32.3. The van der Waals surface area contributed by atoms with Crippen molar-refractivity contribution in [2.24, 2.45) is 0 Å². The van der Waals surface area contributed by atoms with Gasteiger partial charge in [-0.1, -0.05) is 0 Å². The van der Waals surface area contributed by atoms with Crippen molar-refractivity contribution in [2.75, 3.05) is 54.4 Å². The van der Waals surface area contributed by atoms with Gasteiger partial charge in [-0.3, -0.25) is 8.42 Å². The monoisotopic (exact) mass is 324 g/mol. The van der Waals surface area contributed by atoms with E-state index in [1.54, 1.807) is 0 Å². The Morgan fingerprint density at radius 2 is 0.810 bits per heavy atom. The van der Waals surface area contributed by atoms with Crippen molar-refractivity contribution in [3.8, 4) is 0 Å². The van der Waals surface area contributed by atoms with Crippen LogP contribution in [0.25, 0.3) is 0 Å². The molecule has 6 nitrogen and oxygen atoms in total. The van der Waals surface area contributed by atoms with Crippen LogP contribution in [0.4, 0.5) is 0 Å². The number of likely N-dealkylation sites (tertiary alicyclic amines) is 2. The van der Waals surface area contributed by atoms with E-state index in [2.05, 4.69) is 28.2 Å². The minimum absolute atomic E-state index is 1.25. The fraction of sp³-hybridized carbons (Fsp3) is 1.00. The molecule has 0 radical (unpaired) electrons. The van der Waals surface area contributed by atoms with Crippen LogP contribution in [0.5, 0.6) is 0 Å². The van der Waals surface area contributed by atoms with E-state index < -0.39 is 10.4 Å². The van der Waals surface area contributed by atoms with E-state index >= 15 is 0 Å². The second kappa shape index (κ2) is 9.05. The highest BCUT2D eigenvalue weighted by molar-refractivity contribution is 7.79. The van der Waals surface area contributed by atoms with Crippen molar-refractivity contribution in [1.29, 1.82) is 0 Å². The van der Waals surface area contributed by atoms with E-state index in [1.165, 1.54) is 73.7 Å². The second-order valence-electron chi connectivity index (χ2n) is 7.30. The molecule has 21 heavy (non-hydrogen) atoms. The molecule has 0 amide bonds. The molecule has 0 N–H and O–H groups in total. The molecule has 128 valence electrons. The number of quaternary nitrogens is 2. The van der Waals surface area contributed by atoms with Crippen LogP contribution in [0.1, 0.15) is 38.5 Å². The van der Waals surface area contributed by atoms with Gasteiger partial charge in [-0.25, -0.2) is 0 Å². The fourth-order valence-electron chi connectivity index (χ4n) is 2.74. The summed E-state index contributed by atoms with van der Waals surface area (Å²) >= 11 is 0. The number of hydrogen-bond acceptors (Lipinski definition) is 4. The van der Waals surface area contributed by atoms with Crippen LogP contribution in [0.2, 0.25) is 0 Å². The van der Waals surface area contributed by atoms with Gasteiger partial charge in [-0.2, -0.15) is 0 Å². The third kappa shape index (κ3) is 16.0. The molecular weight excluding hydrogens is 292 g/mol. The minimum Gasteiger partial charge on any atom is -0.759 e. The first kappa shape index (κ1) is 20.8. The Labute approximate surface area is 130 Å². The third-order valence-electron chi connectivity index (χ3n) is 4.05. The van der Waals surface area contributed by atoms with Gasteiger partial charge in [0.05, 0.1) is 54.4 Å². The van der Waals surface area contributed by atoms with Gasteiger partial charge in [0.1, 0.15) is 0 Å². The molecule has 0 aliphatic carbocycles. The molecule has 2 rings (SSSR count). The van der Waals surface area contributed by atoms with Gasteiger partial charge in [0.2, 0.25) is 0 Å². The summed E-state index contributed by atoms with van der Waals surface area (Å²) < 4.78 is 36.6. The van der Waals surface area contributed by atoms with E-state index in [1.807, 2.05) is 0 Å². The summed E-state index contributed by atoms with van der Waals surface area (Å²) in [6.45, 7) is 5.56. The lowest BCUT2D eigenvalue weighted by Crippen LogP contribution is -2.43. The molecule has 0 saturated carbocycles. The SMILES string of the molecule is C[N+]1(C)CCCCC1.C[N+]1(C)CCCCC1.O=S(=O)([O-])[O-]. The second-order valence-corrected chi connectivity index (χ2v) is 8.11. The minimum atomic E-state index is -5.17. The lowest BCUT2D eigenvalue weighted by atomic mass is 10.1. The Balaban J connectivity index is 0.000000296. The van der Waals surface area contributed by atoms with E-state index in [0.717, 1.165) is 0 Å². The maximum Gasteiger partial charge on any atom is 0.0782 e. The normalized spacial score (nSPS) is 23.9. The van der Waals surface area contributed by atoms with Crippen molar-refractivity contribution in [3.05, 3.63) is 0 Å². The van der Waals surface area contributed by atoms with Crippen molar-refractivity contribution in [1.82, 2.24) is 0 Å². The topological polar surface area (TPSA) is 80.3 Å². The Kier molecular flexibility index (Phi) is 8.96. The Morgan fingerprint density at radius 1 is 0.619 bits per heavy atom. The fourth-order valence-corrected chi connectivity index (χ4v) is 2.74. The predicted octanol–water partition coefficient (Wildman–Crippen LogP) is 1.16. The molecule has 0 aromatic rings. The van der Waals surface area contributed by atoms with Gasteiger partial charge < -0.3 is 18.1 Å². The summed E-state index contributed by atoms with van der Waals surface area (Å²) in [4.78, 5) is 0. The number of rotatable bonds is 0. The van der Waals surface area contributed by atoms with Gasteiger partial charge in [0.25, 0.3) is 0 Å². The van der Waals surface area contributed by atoms with Gasteiger partial charge in [0.15, 0.2) is 0 Å². The van der Waals surface area contributed by atoms with Crippen LogP contribution >= 0.6 is 0 Å². The van der Waals surface area contributed by atoms with Crippen molar-refractivity contribution < 1.29 is 26.5 Å². The first-order valence-electron chi connectivity index (χ1n) is 7.72. The average Bonchev–Trinajstić information content (AvgIpc) is 2.26. The summed E-state index contributed by atoms with van der Waals surface area (Å²) in [5.74, 6) is 0. The van der Waals surface area contributed by atoms with E-state index in [9.17, 15) is 0 Å². The molecule has 2 aliphatic rings. The molecule has 2 aliphatic heterocycles. The first-order valence-corrected chi connectivity index (χ1v) is 9.05. The van der Waals surface area contributed by atoms with Crippen LogP contribution in [-0.2, 0) is 10.4 Å². The molecule has 0 bridgehead atoms. The maximum absolute atomic E-state index is 8.52. The molecule has 0 unspecified atom stereocenters. The molecule has 2 heterocycles. The van der Waals surface area contributed by atoms with Crippen LogP contribution < -0.4 is 0 Å². The Hall–Kier alpha value is -0.210. The van der Waals surface area contributed by atoms with Crippen LogP contribution in [0.15, 0.2) is 0 Å². The highest BCUT2D eigenvalue weighted by Gasteiger charge is 2.18. The van der Waals surface area contributed by atoms with Crippen molar-refractivity contribution >= 4 is 10.4 Å². The van der Waals surface area contributed by atoms with Crippen molar-refractivity contribution in [2.45, 2.75) is 38.5 Å². The Bertz CT molecular complexity index is 334. The lowest BCUT2D eigenvalue weighted by molar-refractivity contribution is -0.894. The van der Waals surface area contributed by atoms with E-state index in [-0.39, 0.29) is 0 Å². The number of nitrogens with zero attached hydrogens (tertiary/aromatic N) is 2. The number of piperidine rings is 2. The van der Waals surface area contributed by atoms with Crippen LogP contribution in [-0.4, -0.2) is 80.9 Å². The first-order chi connectivity index (χ1) is 9.41. The summed E-state index contributed by atoms with van der Waals surface area (Å²) in [7, 11) is 4.11. The number of hydrogen-bond donors (Lipinski definition) is 0. The summed E-state index contributed by atoms with van der Waals surface area (Å²) in [5, 5.41) is 0. The van der Waals surface area contributed by atoms with Gasteiger partial charge in [-0.15, -0.1) is 0 Å². The standard InChI is InChI=1S/2C7H16N.H2O4S/c2*1-8(2)6-4-3-5-7-8;1-5(2,3)4/h2*3-7H2,1-2H3;(H2,1,2,3,4)/q2*+1;/p-2. The largest absolute Gasteiger partial charge is 0.759 e. The average molecular weight is 324 g/mol.